The molecule has 0 amide bonds. The van der Waals surface area contributed by atoms with E-state index in [0.717, 1.165) is 0 Å². The summed E-state index contributed by atoms with van der Waals surface area (Å²) in [7, 11) is 1.51. The molecule has 60 valence electrons. The number of halogens is 1. The largest absolute Gasteiger partial charge is 0.479 e. The minimum atomic E-state index is -0.115. The predicted molar refractivity (Wildman–Crippen MR) is 42.2 cm³/mol. The number of hydrogen-bond donors (Lipinski definition) is 1. The van der Waals surface area contributed by atoms with Gasteiger partial charge in [-0.3, -0.25) is 0 Å². The van der Waals surface area contributed by atoms with Gasteiger partial charge in [0.2, 0.25) is 5.88 Å². The quantitative estimate of drug-likeness (QED) is 0.796. The van der Waals surface area contributed by atoms with Crippen molar-refractivity contribution in [1.29, 1.82) is 0 Å². The molecule has 0 aromatic carbocycles. The lowest BCUT2D eigenvalue weighted by molar-refractivity contribution is 0.275. The number of aromatic nitrogens is 2. The second kappa shape index (κ2) is 3.64. The molecule has 0 saturated heterocycles. The third kappa shape index (κ3) is 1.87. The van der Waals surface area contributed by atoms with Crippen LogP contribution in [-0.2, 0) is 6.61 Å². The molecule has 1 aromatic heterocycles. The third-order valence-electron chi connectivity index (χ3n) is 1.10. The van der Waals surface area contributed by atoms with Crippen LogP contribution in [0.5, 0.6) is 5.88 Å². The van der Waals surface area contributed by atoms with Crippen molar-refractivity contribution in [2.75, 3.05) is 7.11 Å². The normalized spacial score (nSPS) is 9.73. The fourth-order valence-electron chi connectivity index (χ4n) is 0.602. The Morgan fingerprint density at radius 3 is 2.91 bits per heavy atom. The SMILES string of the molecule is COc1ncc(CO)nc1Br. The Morgan fingerprint density at radius 2 is 2.45 bits per heavy atom. The third-order valence-corrected chi connectivity index (χ3v) is 1.62. The van der Waals surface area contributed by atoms with Gasteiger partial charge < -0.3 is 9.84 Å². The topological polar surface area (TPSA) is 55.2 Å². The van der Waals surface area contributed by atoms with Crippen molar-refractivity contribution in [2.24, 2.45) is 0 Å². The highest BCUT2D eigenvalue weighted by Crippen LogP contribution is 2.18. The van der Waals surface area contributed by atoms with Crippen molar-refractivity contribution in [3.8, 4) is 5.88 Å². The number of rotatable bonds is 2. The van der Waals surface area contributed by atoms with Crippen molar-refractivity contribution in [3.63, 3.8) is 0 Å². The van der Waals surface area contributed by atoms with Crippen LogP contribution >= 0.6 is 15.9 Å². The maximum atomic E-state index is 8.66. The maximum absolute atomic E-state index is 8.66. The molecule has 0 radical (unpaired) electrons. The van der Waals surface area contributed by atoms with Crippen molar-refractivity contribution in [1.82, 2.24) is 9.97 Å². The molecule has 0 fully saturated rings. The van der Waals surface area contributed by atoms with E-state index in [1.165, 1.54) is 13.3 Å². The van der Waals surface area contributed by atoms with Crippen LogP contribution in [0.1, 0.15) is 5.69 Å². The molecule has 1 heterocycles. The predicted octanol–water partition coefficient (Wildman–Crippen LogP) is 0.740. The molecule has 0 bridgehead atoms. The van der Waals surface area contributed by atoms with Gasteiger partial charge in [-0.05, 0) is 15.9 Å². The Balaban J connectivity index is 2.99. The highest BCUT2D eigenvalue weighted by molar-refractivity contribution is 9.10. The van der Waals surface area contributed by atoms with Crippen molar-refractivity contribution in [3.05, 3.63) is 16.5 Å². The number of hydrogen-bond acceptors (Lipinski definition) is 4. The summed E-state index contributed by atoms with van der Waals surface area (Å²) in [6.07, 6.45) is 1.46. The lowest BCUT2D eigenvalue weighted by Crippen LogP contribution is -1.95. The van der Waals surface area contributed by atoms with Crippen LogP contribution in [0.15, 0.2) is 10.8 Å². The van der Waals surface area contributed by atoms with E-state index in [-0.39, 0.29) is 6.61 Å². The molecule has 1 aromatic rings. The first-order chi connectivity index (χ1) is 5.27. The molecule has 1 N–H and O–H groups in total. The highest BCUT2D eigenvalue weighted by atomic mass is 79.9. The molecule has 0 atom stereocenters. The van der Waals surface area contributed by atoms with E-state index in [4.69, 9.17) is 9.84 Å². The average Bonchev–Trinajstić information content (AvgIpc) is 2.04. The lowest BCUT2D eigenvalue weighted by Gasteiger charge is -2.01. The molecule has 0 spiro atoms. The second-order valence-corrected chi connectivity index (χ2v) is 2.57. The Hall–Kier alpha value is -0.680. The first-order valence-electron chi connectivity index (χ1n) is 2.94. The summed E-state index contributed by atoms with van der Waals surface area (Å²) < 4.78 is 5.35. The van der Waals surface area contributed by atoms with Crippen LogP contribution in [0.3, 0.4) is 0 Å². The van der Waals surface area contributed by atoms with Gasteiger partial charge in [0.05, 0.1) is 25.6 Å². The summed E-state index contributed by atoms with van der Waals surface area (Å²) in [5.41, 5.74) is 0.512. The zero-order valence-electron chi connectivity index (χ0n) is 5.91. The summed E-state index contributed by atoms with van der Waals surface area (Å²) in [4.78, 5) is 7.82. The highest BCUT2D eigenvalue weighted by Gasteiger charge is 2.02. The molecule has 0 aliphatic heterocycles. The summed E-state index contributed by atoms with van der Waals surface area (Å²) in [5, 5.41) is 8.66. The molecule has 0 aliphatic rings. The maximum Gasteiger partial charge on any atom is 0.247 e. The standard InChI is InChI=1S/C6H7BrN2O2/c1-11-6-5(7)9-4(3-10)2-8-6/h2,10H,3H2,1H3. The number of aliphatic hydroxyl groups is 1. The zero-order valence-corrected chi connectivity index (χ0v) is 7.50. The smallest absolute Gasteiger partial charge is 0.247 e. The zero-order chi connectivity index (χ0) is 8.27. The molecular formula is C6H7BrN2O2. The van der Waals surface area contributed by atoms with Crippen LogP contribution in [0.25, 0.3) is 0 Å². The van der Waals surface area contributed by atoms with E-state index in [1.807, 2.05) is 0 Å². The average molecular weight is 219 g/mol. The van der Waals surface area contributed by atoms with Crippen molar-refractivity contribution < 1.29 is 9.84 Å². The number of aliphatic hydroxyl groups excluding tert-OH is 1. The second-order valence-electron chi connectivity index (χ2n) is 1.82. The van der Waals surface area contributed by atoms with Gasteiger partial charge in [-0.15, -0.1) is 0 Å². The first-order valence-corrected chi connectivity index (χ1v) is 3.73. The van der Waals surface area contributed by atoms with E-state index >= 15 is 0 Å². The number of ether oxygens (including phenoxy) is 1. The lowest BCUT2D eigenvalue weighted by atomic mass is 10.5. The molecular weight excluding hydrogens is 212 g/mol. The van der Waals surface area contributed by atoms with Gasteiger partial charge in [0.15, 0.2) is 4.60 Å². The van der Waals surface area contributed by atoms with Crippen molar-refractivity contribution in [2.45, 2.75) is 6.61 Å². The van der Waals surface area contributed by atoms with Crippen LogP contribution in [0.2, 0.25) is 0 Å². The van der Waals surface area contributed by atoms with Gasteiger partial charge in [-0.25, -0.2) is 9.97 Å². The molecule has 0 aliphatic carbocycles. The summed E-state index contributed by atoms with van der Waals surface area (Å²) in [6.45, 7) is -0.115. The number of methoxy groups -OCH3 is 1. The molecule has 5 heteroatoms. The van der Waals surface area contributed by atoms with Crippen LogP contribution < -0.4 is 4.74 Å². The van der Waals surface area contributed by atoms with Gasteiger partial charge >= 0.3 is 0 Å². The minimum absolute atomic E-state index is 0.115. The minimum Gasteiger partial charge on any atom is -0.479 e. The van der Waals surface area contributed by atoms with Crippen molar-refractivity contribution >= 4 is 15.9 Å². The Labute approximate surface area is 72.4 Å². The first kappa shape index (κ1) is 8.42. The molecule has 0 saturated carbocycles. The fraction of sp³-hybridized carbons (Fsp3) is 0.333. The van der Waals surface area contributed by atoms with Gasteiger partial charge in [0, 0.05) is 0 Å². The Bertz CT molecular complexity index is 254. The van der Waals surface area contributed by atoms with E-state index < -0.39 is 0 Å². The van der Waals surface area contributed by atoms with Crippen LogP contribution in [-0.4, -0.2) is 22.2 Å². The van der Waals surface area contributed by atoms with E-state index in [2.05, 4.69) is 25.9 Å². The fourth-order valence-corrected chi connectivity index (χ4v) is 1.09. The van der Waals surface area contributed by atoms with Gasteiger partial charge in [0.25, 0.3) is 0 Å². The van der Waals surface area contributed by atoms with Crippen LogP contribution in [0, 0.1) is 0 Å². The summed E-state index contributed by atoms with van der Waals surface area (Å²) in [6, 6.07) is 0. The summed E-state index contributed by atoms with van der Waals surface area (Å²) >= 11 is 3.14. The van der Waals surface area contributed by atoms with E-state index in [1.54, 1.807) is 0 Å². The van der Waals surface area contributed by atoms with Gasteiger partial charge in [0.1, 0.15) is 0 Å². The molecule has 11 heavy (non-hydrogen) atoms. The van der Waals surface area contributed by atoms with Gasteiger partial charge in [-0.2, -0.15) is 0 Å². The molecule has 0 unspecified atom stereocenters. The van der Waals surface area contributed by atoms with E-state index in [9.17, 15) is 0 Å². The molecule has 1 rings (SSSR count). The number of nitrogens with zero attached hydrogens (tertiary/aromatic N) is 2. The Morgan fingerprint density at radius 1 is 1.73 bits per heavy atom. The Kier molecular flexibility index (Phi) is 2.78. The monoisotopic (exact) mass is 218 g/mol. The summed E-state index contributed by atoms with van der Waals surface area (Å²) in [5.74, 6) is 0.419. The molecule has 4 nitrogen and oxygen atoms in total. The van der Waals surface area contributed by atoms with Crippen LogP contribution in [0.4, 0.5) is 0 Å². The van der Waals surface area contributed by atoms with E-state index in [0.29, 0.717) is 16.2 Å². The van der Waals surface area contributed by atoms with Gasteiger partial charge in [-0.1, -0.05) is 0 Å².